The van der Waals surface area contributed by atoms with Crippen molar-refractivity contribution < 1.29 is 13.2 Å². The molecule has 1 fully saturated rings. The largest absolute Gasteiger partial charge is 0.416 e. The van der Waals surface area contributed by atoms with Gasteiger partial charge in [0.25, 0.3) is 0 Å². The van der Waals surface area contributed by atoms with Crippen LogP contribution in [0.25, 0.3) is 0 Å². The van der Waals surface area contributed by atoms with E-state index in [-0.39, 0.29) is 0 Å². The van der Waals surface area contributed by atoms with E-state index < -0.39 is 11.7 Å². The summed E-state index contributed by atoms with van der Waals surface area (Å²) in [5.41, 5.74) is 0.158. The third kappa shape index (κ3) is 3.63. The molecule has 2 nitrogen and oxygen atoms in total. The second-order valence-corrected chi connectivity index (χ2v) is 4.60. The van der Waals surface area contributed by atoms with Gasteiger partial charge in [-0.15, -0.1) is 0 Å². The first-order valence-electron chi connectivity index (χ1n) is 6.20. The molecule has 1 saturated heterocycles. The normalized spacial score (nSPS) is 21.4. The van der Waals surface area contributed by atoms with E-state index >= 15 is 0 Å². The van der Waals surface area contributed by atoms with Gasteiger partial charge in [-0.05, 0) is 56.6 Å². The maximum absolute atomic E-state index is 12.4. The molecule has 2 N–H and O–H groups in total. The Bertz CT molecular complexity index is 365. The minimum atomic E-state index is -4.26. The molecule has 2 rings (SSSR count). The van der Waals surface area contributed by atoms with E-state index in [1.165, 1.54) is 12.1 Å². The fraction of sp³-hybridized carbons (Fsp3) is 0.538. The summed E-state index contributed by atoms with van der Waals surface area (Å²) in [7, 11) is 0. The highest BCUT2D eigenvalue weighted by molar-refractivity contribution is 5.46. The summed E-state index contributed by atoms with van der Waals surface area (Å²) in [6, 6.07) is 5.59. The zero-order valence-corrected chi connectivity index (χ0v) is 10.1. The lowest BCUT2D eigenvalue weighted by Gasteiger charge is -2.17. The summed E-state index contributed by atoms with van der Waals surface area (Å²) in [6.07, 6.45) is -1.11. The Balaban J connectivity index is 1.97. The van der Waals surface area contributed by atoms with Crippen molar-refractivity contribution in [1.82, 2.24) is 5.32 Å². The quantitative estimate of drug-likeness (QED) is 0.850. The molecule has 0 aliphatic carbocycles. The summed E-state index contributed by atoms with van der Waals surface area (Å²) in [5.74, 6) is 0. The lowest BCUT2D eigenvalue weighted by molar-refractivity contribution is -0.137. The van der Waals surface area contributed by atoms with Gasteiger partial charge in [-0.3, -0.25) is 0 Å². The van der Waals surface area contributed by atoms with Crippen LogP contribution in [0.15, 0.2) is 24.3 Å². The Morgan fingerprint density at radius 1 is 1.06 bits per heavy atom. The summed E-state index contributed by atoms with van der Waals surface area (Å²) in [6.45, 7) is 1.98. The molecule has 1 atom stereocenters. The average Bonchev–Trinajstić information content (AvgIpc) is 2.57. The van der Waals surface area contributed by atoms with Crippen molar-refractivity contribution in [3.05, 3.63) is 29.8 Å². The summed E-state index contributed by atoms with van der Waals surface area (Å²) in [4.78, 5) is 0. The zero-order valence-electron chi connectivity index (χ0n) is 10.1. The molecule has 1 unspecified atom stereocenters. The molecule has 1 aliphatic rings. The molecule has 18 heavy (non-hydrogen) atoms. The van der Waals surface area contributed by atoms with Gasteiger partial charge in [0.1, 0.15) is 0 Å². The first-order chi connectivity index (χ1) is 8.55. The summed E-state index contributed by atoms with van der Waals surface area (Å²) < 4.78 is 37.2. The van der Waals surface area contributed by atoms with Crippen molar-refractivity contribution in [2.45, 2.75) is 31.5 Å². The Hall–Kier alpha value is -1.23. The molecular formula is C13H17F3N2. The van der Waals surface area contributed by atoms with Crippen molar-refractivity contribution in [2.75, 3.05) is 18.4 Å². The lowest BCUT2D eigenvalue weighted by Crippen LogP contribution is -2.21. The Kier molecular flexibility index (Phi) is 4.11. The highest BCUT2D eigenvalue weighted by atomic mass is 19.4. The van der Waals surface area contributed by atoms with Crippen molar-refractivity contribution in [3.8, 4) is 0 Å². The molecule has 1 aromatic carbocycles. The first kappa shape index (κ1) is 13.2. The predicted octanol–water partition coefficient (Wildman–Crippen LogP) is 3.26. The van der Waals surface area contributed by atoms with E-state index in [9.17, 15) is 13.2 Å². The molecule has 0 amide bonds. The van der Waals surface area contributed by atoms with E-state index in [0.29, 0.717) is 6.04 Å². The standard InChI is InChI=1S/C13H17F3N2/c14-13(15,16)10-3-5-12(6-4-10)18-11-2-1-8-17-9-7-11/h3-6,11,17-18H,1-2,7-9H2. The number of hydrogen-bond acceptors (Lipinski definition) is 2. The second-order valence-electron chi connectivity index (χ2n) is 4.60. The summed E-state index contributed by atoms with van der Waals surface area (Å²) in [5, 5.41) is 6.60. The number of nitrogens with one attached hydrogen (secondary N) is 2. The number of benzene rings is 1. The van der Waals surface area contributed by atoms with Crippen LogP contribution in [0.5, 0.6) is 0 Å². The van der Waals surface area contributed by atoms with E-state index in [4.69, 9.17) is 0 Å². The lowest BCUT2D eigenvalue weighted by atomic mass is 10.1. The molecule has 0 spiro atoms. The third-order valence-corrected chi connectivity index (χ3v) is 3.16. The van der Waals surface area contributed by atoms with Gasteiger partial charge in [0.15, 0.2) is 0 Å². The predicted molar refractivity (Wildman–Crippen MR) is 65.6 cm³/mol. The number of halogens is 3. The number of alkyl halides is 3. The van der Waals surface area contributed by atoms with Gasteiger partial charge >= 0.3 is 6.18 Å². The topological polar surface area (TPSA) is 24.1 Å². The highest BCUT2D eigenvalue weighted by Gasteiger charge is 2.29. The van der Waals surface area contributed by atoms with Crippen LogP contribution in [0.1, 0.15) is 24.8 Å². The second kappa shape index (κ2) is 5.61. The molecule has 1 aliphatic heterocycles. The molecule has 5 heteroatoms. The van der Waals surface area contributed by atoms with Crippen LogP contribution < -0.4 is 10.6 Å². The Morgan fingerprint density at radius 2 is 1.78 bits per heavy atom. The molecule has 0 radical (unpaired) electrons. The van der Waals surface area contributed by atoms with E-state index in [2.05, 4.69) is 10.6 Å². The minimum absolute atomic E-state index is 0.344. The van der Waals surface area contributed by atoms with Crippen molar-refractivity contribution in [2.24, 2.45) is 0 Å². The molecule has 0 saturated carbocycles. The number of hydrogen-bond donors (Lipinski definition) is 2. The van der Waals surface area contributed by atoms with E-state index in [1.807, 2.05) is 0 Å². The molecule has 0 bridgehead atoms. The first-order valence-corrected chi connectivity index (χ1v) is 6.20. The monoisotopic (exact) mass is 258 g/mol. The van der Waals surface area contributed by atoms with Crippen LogP contribution in [0.2, 0.25) is 0 Å². The molecular weight excluding hydrogens is 241 g/mol. The third-order valence-electron chi connectivity index (χ3n) is 3.16. The molecule has 1 heterocycles. The van der Waals surface area contributed by atoms with Crippen LogP contribution in [0, 0.1) is 0 Å². The number of rotatable bonds is 2. The van der Waals surface area contributed by atoms with Gasteiger partial charge < -0.3 is 10.6 Å². The highest BCUT2D eigenvalue weighted by Crippen LogP contribution is 2.30. The smallest absolute Gasteiger partial charge is 0.382 e. The van der Waals surface area contributed by atoms with Crippen molar-refractivity contribution in [3.63, 3.8) is 0 Å². The van der Waals surface area contributed by atoms with Crippen LogP contribution >= 0.6 is 0 Å². The maximum Gasteiger partial charge on any atom is 0.416 e. The Morgan fingerprint density at radius 3 is 2.44 bits per heavy atom. The van der Waals surface area contributed by atoms with Gasteiger partial charge in [0.05, 0.1) is 5.56 Å². The van der Waals surface area contributed by atoms with Crippen LogP contribution in [-0.2, 0) is 6.18 Å². The average molecular weight is 258 g/mol. The van der Waals surface area contributed by atoms with E-state index in [1.54, 1.807) is 0 Å². The van der Waals surface area contributed by atoms with E-state index in [0.717, 1.165) is 50.2 Å². The number of anilines is 1. The molecule has 100 valence electrons. The minimum Gasteiger partial charge on any atom is -0.382 e. The zero-order chi connectivity index (χ0) is 13.0. The van der Waals surface area contributed by atoms with Crippen LogP contribution in [0.4, 0.5) is 18.9 Å². The SMILES string of the molecule is FC(F)(F)c1ccc(NC2CCCNCC2)cc1. The fourth-order valence-electron chi connectivity index (χ4n) is 2.15. The van der Waals surface area contributed by atoms with Gasteiger partial charge in [-0.1, -0.05) is 0 Å². The molecule has 0 aromatic heterocycles. The van der Waals surface area contributed by atoms with Gasteiger partial charge in [-0.2, -0.15) is 13.2 Å². The van der Waals surface area contributed by atoms with Gasteiger partial charge in [-0.25, -0.2) is 0 Å². The van der Waals surface area contributed by atoms with Crippen LogP contribution in [0.3, 0.4) is 0 Å². The summed E-state index contributed by atoms with van der Waals surface area (Å²) >= 11 is 0. The maximum atomic E-state index is 12.4. The van der Waals surface area contributed by atoms with Gasteiger partial charge in [0.2, 0.25) is 0 Å². The molecule has 1 aromatic rings. The van der Waals surface area contributed by atoms with Crippen molar-refractivity contribution >= 4 is 5.69 Å². The fourth-order valence-corrected chi connectivity index (χ4v) is 2.15. The Labute approximate surface area is 105 Å². The van der Waals surface area contributed by atoms with Crippen LogP contribution in [-0.4, -0.2) is 19.1 Å². The van der Waals surface area contributed by atoms with Crippen molar-refractivity contribution in [1.29, 1.82) is 0 Å². The van der Waals surface area contributed by atoms with Gasteiger partial charge in [0, 0.05) is 11.7 Å².